The summed E-state index contributed by atoms with van der Waals surface area (Å²) in [5, 5.41) is 9.00. The second kappa shape index (κ2) is 2.99. The van der Waals surface area contributed by atoms with Gasteiger partial charge in [0.15, 0.2) is 0 Å². The lowest BCUT2D eigenvalue weighted by molar-refractivity contribution is 0.0377. The quantitative estimate of drug-likeness (QED) is 0.510. The van der Waals surface area contributed by atoms with Crippen molar-refractivity contribution >= 4 is 0 Å². The van der Waals surface area contributed by atoms with Crippen molar-refractivity contribution < 1.29 is 7.85 Å². The molecule has 0 aromatic heterocycles. The Morgan fingerprint density at radius 2 is 2.43 bits per heavy atom. The van der Waals surface area contributed by atoms with Crippen LogP contribution in [0.3, 0.4) is 0 Å². The summed E-state index contributed by atoms with van der Waals surface area (Å²) in [6, 6.07) is 0. The average Bonchev–Trinajstić information content (AvgIpc) is 1.90. The molecule has 0 aliphatic heterocycles. The minimum absolute atomic E-state index is 0.00148. The molecule has 0 saturated heterocycles. The zero-order valence-corrected chi connectivity index (χ0v) is 4.59. The van der Waals surface area contributed by atoms with E-state index in [-0.39, 0.29) is 14.0 Å². The van der Waals surface area contributed by atoms with E-state index in [1.54, 1.807) is 0 Å². The van der Waals surface area contributed by atoms with Crippen LogP contribution in [0, 0.1) is 0 Å². The van der Waals surface area contributed by atoms with Gasteiger partial charge in [0.25, 0.3) is 0 Å². The van der Waals surface area contributed by atoms with Gasteiger partial charge in [-0.2, -0.15) is 0 Å². The molecule has 0 aliphatic carbocycles. The lowest BCUT2D eigenvalue weighted by Crippen LogP contribution is -2.26. The van der Waals surface area contributed by atoms with Crippen molar-refractivity contribution in [1.82, 2.24) is 4.90 Å². The standard InChI is InChI=1S/C5H13NO/c1-4-5(7)6(2)3/h5,7H,4H2,1-3H3/i2D,3D. The molecule has 7 heavy (non-hydrogen) atoms. The Labute approximate surface area is 47.6 Å². The average molecular weight is 105 g/mol. The third kappa shape index (κ3) is 2.60. The van der Waals surface area contributed by atoms with Crippen molar-refractivity contribution in [3.05, 3.63) is 0 Å². The predicted octanol–water partition coefficient (Wildman–Crippen LogP) is 0.276. The van der Waals surface area contributed by atoms with Gasteiger partial charge in [0.05, 0.1) is 0 Å². The first-order valence-corrected chi connectivity index (χ1v) is 2.26. The molecule has 0 heterocycles. The van der Waals surface area contributed by atoms with Crippen LogP contribution in [-0.4, -0.2) is 30.3 Å². The summed E-state index contributed by atoms with van der Waals surface area (Å²) in [5.41, 5.74) is 0. The van der Waals surface area contributed by atoms with E-state index in [0.717, 1.165) is 0 Å². The summed E-state index contributed by atoms with van der Waals surface area (Å²) in [5.74, 6) is 0. The molecule has 0 rings (SSSR count). The Bertz CT molecular complexity index is 68.0. The predicted molar refractivity (Wildman–Crippen MR) is 30.0 cm³/mol. The Balaban J connectivity index is 3.50. The maximum absolute atomic E-state index is 9.00. The second-order valence-electron chi connectivity index (χ2n) is 1.48. The SMILES string of the molecule is [2H]CN(C[2H])C(O)CC. The lowest BCUT2D eigenvalue weighted by Gasteiger charge is -2.15. The molecule has 0 saturated carbocycles. The lowest BCUT2D eigenvalue weighted by atomic mass is 10.4. The molecule has 0 spiro atoms. The topological polar surface area (TPSA) is 23.5 Å². The fraction of sp³-hybridized carbons (Fsp3) is 1.00. The van der Waals surface area contributed by atoms with Gasteiger partial charge in [-0.1, -0.05) is 6.92 Å². The number of hydrogen-bond donors (Lipinski definition) is 1. The highest BCUT2D eigenvalue weighted by Gasteiger charge is 1.99. The van der Waals surface area contributed by atoms with Gasteiger partial charge < -0.3 is 5.11 Å². The summed E-state index contributed by atoms with van der Waals surface area (Å²) < 4.78 is 13.7. The van der Waals surface area contributed by atoms with Crippen LogP contribution >= 0.6 is 0 Å². The van der Waals surface area contributed by atoms with E-state index in [1.165, 1.54) is 4.90 Å². The first-order chi connectivity index (χ1) is 4.26. The van der Waals surface area contributed by atoms with Crippen molar-refractivity contribution in [2.45, 2.75) is 19.6 Å². The van der Waals surface area contributed by atoms with Crippen LogP contribution in [0.1, 0.15) is 16.1 Å². The third-order valence-electron chi connectivity index (χ3n) is 0.787. The zero-order chi connectivity index (χ0) is 7.28. The number of hydrogen-bond acceptors (Lipinski definition) is 2. The first kappa shape index (κ1) is 3.87. The van der Waals surface area contributed by atoms with Gasteiger partial charge in [-0.15, -0.1) is 0 Å². The summed E-state index contributed by atoms with van der Waals surface area (Å²) in [4.78, 5) is 1.36. The highest BCUT2D eigenvalue weighted by Crippen LogP contribution is 1.90. The smallest absolute Gasteiger partial charge is 0.106 e. The van der Waals surface area contributed by atoms with Crippen molar-refractivity contribution in [2.24, 2.45) is 0 Å². The van der Waals surface area contributed by atoms with Gasteiger partial charge in [0.1, 0.15) is 6.23 Å². The number of aliphatic hydroxyl groups excluding tert-OH is 1. The van der Waals surface area contributed by atoms with Crippen LogP contribution < -0.4 is 0 Å². The molecule has 0 aliphatic rings. The van der Waals surface area contributed by atoms with Gasteiger partial charge in [0, 0.05) is 2.74 Å². The molecule has 0 radical (unpaired) electrons. The molecule has 0 amide bonds. The molecule has 1 unspecified atom stereocenters. The minimum atomic E-state index is -0.611. The normalized spacial score (nSPS) is 18.7. The molecular formula is C5H13NO. The highest BCUT2D eigenvalue weighted by molar-refractivity contribution is 4.43. The molecule has 0 bridgehead atoms. The fourth-order valence-electron chi connectivity index (χ4n) is 0.258. The van der Waals surface area contributed by atoms with Crippen molar-refractivity contribution in [1.29, 1.82) is 0 Å². The zero-order valence-electron chi connectivity index (χ0n) is 6.59. The maximum atomic E-state index is 9.00. The van der Waals surface area contributed by atoms with Crippen LogP contribution in [0.2, 0.25) is 0 Å². The van der Waals surface area contributed by atoms with Gasteiger partial charge in [-0.25, -0.2) is 0 Å². The van der Waals surface area contributed by atoms with Crippen molar-refractivity contribution in [2.75, 3.05) is 14.0 Å². The van der Waals surface area contributed by atoms with Crippen LogP contribution in [0.5, 0.6) is 0 Å². The molecule has 2 heteroatoms. The largest absolute Gasteiger partial charge is 0.378 e. The molecule has 0 aromatic rings. The molecule has 2 nitrogen and oxygen atoms in total. The molecule has 0 fully saturated rings. The molecular weight excluding hydrogens is 90.1 g/mol. The molecule has 1 N–H and O–H groups in total. The molecule has 44 valence electrons. The molecule has 0 aromatic carbocycles. The van der Waals surface area contributed by atoms with E-state index in [4.69, 9.17) is 7.85 Å². The highest BCUT2D eigenvalue weighted by atomic mass is 16.3. The number of aliphatic hydroxyl groups is 1. The summed E-state index contributed by atoms with van der Waals surface area (Å²) in [7, 11) is -0.00296. The summed E-state index contributed by atoms with van der Waals surface area (Å²) in [6.07, 6.45) is -0.0300. The van der Waals surface area contributed by atoms with Gasteiger partial charge in [0.2, 0.25) is 0 Å². The maximum Gasteiger partial charge on any atom is 0.106 e. The van der Waals surface area contributed by atoms with Crippen LogP contribution in [0.4, 0.5) is 0 Å². The minimum Gasteiger partial charge on any atom is -0.378 e. The fourth-order valence-corrected chi connectivity index (χ4v) is 0.258. The van der Waals surface area contributed by atoms with Crippen molar-refractivity contribution in [3.8, 4) is 0 Å². The van der Waals surface area contributed by atoms with Crippen molar-refractivity contribution in [3.63, 3.8) is 0 Å². The molecule has 1 atom stereocenters. The van der Waals surface area contributed by atoms with Gasteiger partial charge >= 0.3 is 0 Å². The Morgan fingerprint density at radius 1 is 1.86 bits per heavy atom. The summed E-state index contributed by atoms with van der Waals surface area (Å²) >= 11 is 0. The Kier molecular flexibility index (Phi) is 1.65. The van der Waals surface area contributed by atoms with Crippen LogP contribution in [-0.2, 0) is 0 Å². The Morgan fingerprint density at radius 3 is 2.57 bits per heavy atom. The summed E-state index contributed by atoms with van der Waals surface area (Å²) in [6.45, 7) is 1.82. The second-order valence-corrected chi connectivity index (χ2v) is 1.48. The van der Waals surface area contributed by atoms with Crippen LogP contribution in [0.25, 0.3) is 0 Å². The van der Waals surface area contributed by atoms with E-state index < -0.39 is 6.23 Å². The van der Waals surface area contributed by atoms with Gasteiger partial charge in [-0.05, 0) is 20.5 Å². The third-order valence-corrected chi connectivity index (χ3v) is 0.787. The van der Waals surface area contributed by atoms with E-state index in [2.05, 4.69) is 0 Å². The number of rotatable bonds is 2. The van der Waals surface area contributed by atoms with Gasteiger partial charge in [-0.3, -0.25) is 4.90 Å². The van der Waals surface area contributed by atoms with E-state index in [0.29, 0.717) is 6.42 Å². The first-order valence-electron chi connectivity index (χ1n) is 3.68. The van der Waals surface area contributed by atoms with E-state index in [1.807, 2.05) is 6.92 Å². The number of nitrogens with zero attached hydrogens (tertiary/aromatic N) is 1. The van der Waals surface area contributed by atoms with E-state index >= 15 is 0 Å². The Hall–Kier alpha value is -0.0800. The van der Waals surface area contributed by atoms with E-state index in [9.17, 15) is 0 Å². The monoisotopic (exact) mass is 105 g/mol. The van der Waals surface area contributed by atoms with Crippen LogP contribution in [0.15, 0.2) is 0 Å².